The molecule has 1 fully saturated rings. The van der Waals surface area contributed by atoms with E-state index in [1.54, 1.807) is 0 Å². The summed E-state index contributed by atoms with van der Waals surface area (Å²) in [5, 5.41) is 0. The summed E-state index contributed by atoms with van der Waals surface area (Å²) in [4.78, 5) is 5.02. The highest BCUT2D eigenvalue weighted by atomic mass is 32.1. The first-order chi connectivity index (χ1) is 6.93. The van der Waals surface area contributed by atoms with Gasteiger partial charge in [0, 0.05) is 44.0 Å². The van der Waals surface area contributed by atoms with Crippen LogP contribution < -0.4 is 0 Å². The lowest BCUT2D eigenvalue weighted by atomic mass is 10.0. The van der Waals surface area contributed by atoms with E-state index in [4.69, 9.17) is 0 Å². The minimum absolute atomic E-state index is 0.312. The molecule has 1 heterocycles. The maximum Gasteiger partial charge on any atom is 0.0199 e. The van der Waals surface area contributed by atoms with E-state index in [9.17, 15) is 0 Å². The Hall–Kier alpha value is 0.01000. The summed E-state index contributed by atoms with van der Waals surface area (Å²) in [5.74, 6) is 0.805. The van der Waals surface area contributed by atoms with Crippen LogP contribution in [-0.4, -0.2) is 53.8 Å². The molecule has 0 aromatic rings. The Morgan fingerprint density at radius 3 is 2.13 bits per heavy atom. The van der Waals surface area contributed by atoms with Gasteiger partial charge in [0.05, 0.1) is 0 Å². The molecule has 2 nitrogen and oxygen atoms in total. The average Bonchev–Trinajstić information content (AvgIpc) is 2.17. The second-order valence-corrected chi connectivity index (χ2v) is 5.66. The van der Waals surface area contributed by atoms with Crippen molar-refractivity contribution < 1.29 is 0 Å². The number of rotatable bonds is 3. The standard InChI is InChI=1S/C12H24N2S/c1-11(10-15)9-13-5-7-14(8-6-13)12(2,3)4/h15H,1,5-10H2,2-4H3. The summed E-state index contributed by atoms with van der Waals surface area (Å²) < 4.78 is 0. The topological polar surface area (TPSA) is 6.48 Å². The third kappa shape index (κ3) is 4.17. The second kappa shape index (κ2) is 5.37. The molecule has 0 bridgehead atoms. The molecule has 0 radical (unpaired) electrons. The second-order valence-electron chi connectivity index (χ2n) is 5.34. The monoisotopic (exact) mass is 228 g/mol. The molecule has 15 heavy (non-hydrogen) atoms. The first-order valence-electron chi connectivity index (χ1n) is 5.68. The molecule has 0 N–H and O–H groups in total. The molecule has 0 aromatic carbocycles. The Kier molecular flexibility index (Phi) is 4.68. The maximum atomic E-state index is 4.24. The summed E-state index contributed by atoms with van der Waals surface area (Å²) in [5.41, 5.74) is 1.54. The van der Waals surface area contributed by atoms with E-state index >= 15 is 0 Å². The molecular weight excluding hydrogens is 204 g/mol. The zero-order chi connectivity index (χ0) is 11.5. The molecule has 0 unspecified atom stereocenters. The van der Waals surface area contributed by atoms with Gasteiger partial charge < -0.3 is 0 Å². The van der Waals surface area contributed by atoms with Crippen LogP contribution in [0.3, 0.4) is 0 Å². The molecule has 0 aromatic heterocycles. The van der Waals surface area contributed by atoms with Gasteiger partial charge in [0.25, 0.3) is 0 Å². The van der Waals surface area contributed by atoms with E-state index in [2.05, 4.69) is 49.8 Å². The van der Waals surface area contributed by atoms with Crippen LogP contribution in [-0.2, 0) is 0 Å². The number of hydrogen-bond donors (Lipinski definition) is 1. The van der Waals surface area contributed by atoms with Gasteiger partial charge in [-0.1, -0.05) is 12.2 Å². The minimum Gasteiger partial charge on any atom is -0.297 e. The van der Waals surface area contributed by atoms with Gasteiger partial charge in [-0.3, -0.25) is 9.80 Å². The Bertz CT molecular complexity index is 212. The zero-order valence-corrected chi connectivity index (χ0v) is 11.2. The number of hydrogen-bond acceptors (Lipinski definition) is 3. The van der Waals surface area contributed by atoms with E-state index in [0.717, 1.165) is 25.4 Å². The van der Waals surface area contributed by atoms with Crippen molar-refractivity contribution in [2.75, 3.05) is 38.5 Å². The van der Waals surface area contributed by atoms with E-state index in [1.165, 1.54) is 18.7 Å². The van der Waals surface area contributed by atoms with Gasteiger partial charge >= 0.3 is 0 Å². The van der Waals surface area contributed by atoms with Crippen molar-refractivity contribution in [1.29, 1.82) is 0 Å². The van der Waals surface area contributed by atoms with Crippen molar-refractivity contribution in [3.05, 3.63) is 12.2 Å². The van der Waals surface area contributed by atoms with E-state index in [-0.39, 0.29) is 0 Å². The smallest absolute Gasteiger partial charge is 0.0199 e. The zero-order valence-electron chi connectivity index (χ0n) is 10.3. The van der Waals surface area contributed by atoms with Gasteiger partial charge in [0.1, 0.15) is 0 Å². The predicted molar refractivity (Wildman–Crippen MR) is 70.8 cm³/mol. The molecule has 0 spiro atoms. The minimum atomic E-state index is 0.312. The van der Waals surface area contributed by atoms with Gasteiger partial charge in [-0.05, 0) is 20.8 Å². The van der Waals surface area contributed by atoms with Crippen LogP contribution in [0.15, 0.2) is 12.2 Å². The Balaban J connectivity index is 2.33. The average molecular weight is 228 g/mol. The third-order valence-electron chi connectivity index (χ3n) is 2.99. The van der Waals surface area contributed by atoms with Crippen molar-refractivity contribution in [2.24, 2.45) is 0 Å². The van der Waals surface area contributed by atoms with Crippen molar-refractivity contribution in [3.63, 3.8) is 0 Å². The molecule has 0 aliphatic carbocycles. The van der Waals surface area contributed by atoms with Crippen LogP contribution in [0.1, 0.15) is 20.8 Å². The van der Waals surface area contributed by atoms with Crippen LogP contribution in [0.25, 0.3) is 0 Å². The van der Waals surface area contributed by atoms with E-state index < -0.39 is 0 Å². The fraction of sp³-hybridized carbons (Fsp3) is 0.833. The highest BCUT2D eigenvalue weighted by Crippen LogP contribution is 2.16. The summed E-state index contributed by atoms with van der Waals surface area (Å²) in [6.07, 6.45) is 0. The van der Waals surface area contributed by atoms with Crippen molar-refractivity contribution in [2.45, 2.75) is 26.3 Å². The lowest BCUT2D eigenvalue weighted by molar-refractivity contribution is 0.0665. The summed E-state index contributed by atoms with van der Waals surface area (Å²) in [6.45, 7) is 16.5. The van der Waals surface area contributed by atoms with Crippen LogP contribution in [0.4, 0.5) is 0 Å². The van der Waals surface area contributed by atoms with Crippen LogP contribution in [0.5, 0.6) is 0 Å². The van der Waals surface area contributed by atoms with E-state index in [0.29, 0.717) is 5.54 Å². The third-order valence-corrected chi connectivity index (χ3v) is 3.44. The number of nitrogens with zero attached hydrogens (tertiary/aromatic N) is 2. The Morgan fingerprint density at radius 2 is 1.73 bits per heavy atom. The fourth-order valence-electron chi connectivity index (χ4n) is 1.94. The highest BCUT2D eigenvalue weighted by molar-refractivity contribution is 7.80. The quantitative estimate of drug-likeness (QED) is 0.582. The number of thiol groups is 1. The largest absolute Gasteiger partial charge is 0.297 e. The Labute approximate surface area is 99.7 Å². The van der Waals surface area contributed by atoms with Gasteiger partial charge in [-0.25, -0.2) is 0 Å². The molecule has 1 saturated heterocycles. The van der Waals surface area contributed by atoms with Crippen molar-refractivity contribution in [1.82, 2.24) is 9.80 Å². The lowest BCUT2D eigenvalue weighted by Crippen LogP contribution is -2.53. The molecule has 3 heteroatoms. The first kappa shape index (κ1) is 13.1. The normalized spacial score (nSPS) is 20.5. The fourth-order valence-corrected chi connectivity index (χ4v) is 2.04. The molecule has 0 amide bonds. The molecular formula is C12H24N2S. The highest BCUT2D eigenvalue weighted by Gasteiger charge is 2.25. The SMILES string of the molecule is C=C(CS)CN1CCN(C(C)(C)C)CC1. The Morgan fingerprint density at radius 1 is 1.20 bits per heavy atom. The van der Waals surface area contributed by atoms with Gasteiger partial charge in [-0.15, -0.1) is 0 Å². The van der Waals surface area contributed by atoms with E-state index in [1.807, 2.05) is 0 Å². The molecule has 0 saturated carbocycles. The first-order valence-corrected chi connectivity index (χ1v) is 6.31. The number of piperazine rings is 1. The van der Waals surface area contributed by atoms with Crippen molar-refractivity contribution >= 4 is 12.6 Å². The lowest BCUT2D eigenvalue weighted by Gasteiger charge is -2.42. The van der Waals surface area contributed by atoms with Gasteiger partial charge in [0.15, 0.2) is 0 Å². The molecule has 0 atom stereocenters. The summed E-state index contributed by atoms with van der Waals surface area (Å²) in [7, 11) is 0. The molecule has 1 aliphatic rings. The summed E-state index contributed by atoms with van der Waals surface area (Å²) >= 11 is 4.24. The van der Waals surface area contributed by atoms with Crippen LogP contribution in [0, 0.1) is 0 Å². The molecule has 88 valence electrons. The van der Waals surface area contributed by atoms with Crippen molar-refractivity contribution in [3.8, 4) is 0 Å². The van der Waals surface area contributed by atoms with Crippen LogP contribution in [0.2, 0.25) is 0 Å². The van der Waals surface area contributed by atoms with Gasteiger partial charge in [-0.2, -0.15) is 12.6 Å². The predicted octanol–water partition coefficient (Wildman–Crippen LogP) is 1.89. The maximum absolute atomic E-state index is 4.24. The van der Waals surface area contributed by atoms with Gasteiger partial charge in [0.2, 0.25) is 0 Å². The molecule has 1 rings (SSSR count). The van der Waals surface area contributed by atoms with Crippen LogP contribution >= 0.6 is 12.6 Å². The summed E-state index contributed by atoms with van der Waals surface area (Å²) in [6, 6.07) is 0. The molecule has 1 aliphatic heterocycles.